The first kappa shape index (κ1) is 34.1. The predicted octanol–water partition coefficient (Wildman–Crippen LogP) is 16.7. The number of para-hydroxylation sites is 2. The molecule has 0 radical (unpaired) electrons. The number of nitrogens with zero attached hydrogens (tertiary/aromatic N) is 1. The van der Waals surface area contributed by atoms with Crippen molar-refractivity contribution in [3.8, 4) is 33.4 Å². The van der Waals surface area contributed by atoms with Crippen LogP contribution >= 0.6 is 0 Å². The van der Waals surface area contributed by atoms with E-state index in [0.29, 0.717) is 0 Å². The summed E-state index contributed by atoms with van der Waals surface area (Å²) in [6, 6.07) is 81.3. The van der Waals surface area contributed by atoms with Gasteiger partial charge in [0, 0.05) is 16.6 Å². The molecule has 1 aromatic heterocycles. The molecule has 0 atom stereocenters. The minimum Gasteiger partial charge on any atom is -0.456 e. The SMILES string of the molecule is c1ccc(N(c2ccc(-c3cccc4c3ccc3ccccc34)cc2)c2cccc3oc4ccccc4c23)c(-c2ccc(-c3ccc4c(ccc5ccccc54)c3)cc2)c1. The second kappa shape index (κ2) is 13.9. The molecule has 0 saturated carbocycles. The van der Waals surface area contributed by atoms with Crippen molar-refractivity contribution in [2.45, 2.75) is 0 Å². The second-order valence-electron chi connectivity index (χ2n) is 15.6. The van der Waals surface area contributed by atoms with Gasteiger partial charge < -0.3 is 9.32 Å². The fourth-order valence-corrected chi connectivity index (χ4v) is 9.38. The highest BCUT2D eigenvalue weighted by Gasteiger charge is 2.22. The predicted molar refractivity (Wildman–Crippen MR) is 255 cm³/mol. The quantitative estimate of drug-likeness (QED) is 0.157. The highest BCUT2D eigenvalue weighted by atomic mass is 16.3. The number of anilines is 3. The third-order valence-corrected chi connectivity index (χ3v) is 12.3. The topological polar surface area (TPSA) is 16.4 Å². The number of fused-ring (bicyclic) bond motifs is 9. The van der Waals surface area contributed by atoms with Crippen LogP contribution in [0.5, 0.6) is 0 Å². The Morgan fingerprint density at radius 2 is 0.800 bits per heavy atom. The van der Waals surface area contributed by atoms with Crippen molar-refractivity contribution in [2.75, 3.05) is 4.90 Å². The average Bonchev–Trinajstić information content (AvgIpc) is 3.71. The first-order valence-corrected chi connectivity index (χ1v) is 20.6. The van der Waals surface area contributed by atoms with Gasteiger partial charge in [-0.15, -0.1) is 0 Å². The maximum atomic E-state index is 6.45. The lowest BCUT2D eigenvalue weighted by molar-refractivity contribution is 0.669. The lowest BCUT2D eigenvalue weighted by Gasteiger charge is -2.28. The van der Waals surface area contributed by atoms with E-state index in [4.69, 9.17) is 4.42 Å². The molecule has 0 aliphatic rings. The van der Waals surface area contributed by atoms with Crippen LogP contribution in [0.1, 0.15) is 0 Å². The van der Waals surface area contributed by atoms with Crippen LogP contribution in [0.3, 0.4) is 0 Å². The molecule has 0 bridgehead atoms. The summed E-state index contributed by atoms with van der Waals surface area (Å²) >= 11 is 0. The largest absolute Gasteiger partial charge is 0.456 e. The number of benzene rings is 11. The van der Waals surface area contributed by atoms with Crippen LogP contribution < -0.4 is 4.90 Å². The average molecular weight is 764 g/mol. The summed E-state index contributed by atoms with van der Waals surface area (Å²) in [6.45, 7) is 0. The molecule has 12 aromatic rings. The van der Waals surface area contributed by atoms with Crippen LogP contribution in [0.2, 0.25) is 0 Å². The van der Waals surface area contributed by atoms with Gasteiger partial charge in [0.1, 0.15) is 11.2 Å². The molecular weight excluding hydrogens is 727 g/mol. The number of hydrogen-bond donors (Lipinski definition) is 0. The molecule has 0 saturated heterocycles. The van der Waals surface area contributed by atoms with Crippen molar-refractivity contribution >= 4 is 82.1 Å². The fraction of sp³-hybridized carbons (Fsp3) is 0. The lowest BCUT2D eigenvalue weighted by atomic mass is 9.94. The van der Waals surface area contributed by atoms with Crippen LogP contribution in [-0.2, 0) is 0 Å². The third kappa shape index (κ3) is 5.57. The van der Waals surface area contributed by atoms with Crippen molar-refractivity contribution in [3.05, 3.63) is 224 Å². The van der Waals surface area contributed by atoms with Gasteiger partial charge in [0.05, 0.1) is 16.8 Å². The van der Waals surface area contributed by atoms with Gasteiger partial charge in [0.2, 0.25) is 0 Å². The number of rotatable bonds is 6. The smallest absolute Gasteiger partial charge is 0.137 e. The van der Waals surface area contributed by atoms with E-state index in [1.807, 2.05) is 6.07 Å². The van der Waals surface area contributed by atoms with E-state index in [0.717, 1.165) is 50.1 Å². The van der Waals surface area contributed by atoms with Gasteiger partial charge >= 0.3 is 0 Å². The Hall–Kier alpha value is -7.94. The highest BCUT2D eigenvalue weighted by molar-refractivity contribution is 6.15. The third-order valence-electron chi connectivity index (χ3n) is 12.3. The fourth-order valence-electron chi connectivity index (χ4n) is 9.38. The zero-order chi connectivity index (χ0) is 39.6. The van der Waals surface area contributed by atoms with Gasteiger partial charge in [-0.1, -0.05) is 182 Å². The maximum Gasteiger partial charge on any atom is 0.137 e. The summed E-state index contributed by atoms with van der Waals surface area (Å²) in [5, 5.41) is 12.3. The van der Waals surface area contributed by atoms with Gasteiger partial charge in [0.15, 0.2) is 0 Å². The zero-order valence-corrected chi connectivity index (χ0v) is 32.7. The normalized spacial score (nSPS) is 11.7. The first-order valence-electron chi connectivity index (χ1n) is 20.6. The van der Waals surface area contributed by atoms with E-state index in [1.165, 1.54) is 65.3 Å². The van der Waals surface area contributed by atoms with Gasteiger partial charge in [-0.05, 0) is 113 Å². The van der Waals surface area contributed by atoms with Crippen LogP contribution in [-0.4, -0.2) is 0 Å². The molecule has 1 heterocycles. The molecule has 0 fully saturated rings. The number of furan rings is 1. The second-order valence-corrected chi connectivity index (χ2v) is 15.6. The van der Waals surface area contributed by atoms with E-state index in [2.05, 4.69) is 223 Å². The Morgan fingerprint density at radius 3 is 1.63 bits per heavy atom. The molecule has 12 rings (SSSR count). The van der Waals surface area contributed by atoms with Crippen LogP contribution in [0.4, 0.5) is 17.1 Å². The van der Waals surface area contributed by atoms with E-state index in [9.17, 15) is 0 Å². The lowest BCUT2D eigenvalue weighted by Crippen LogP contribution is -2.11. The molecular formula is C58H37NO. The monoisotopic (exact) mass is 763 g/mol. The Balaban J connectivity index is 0.986. The van der Waals surface area contributed by atoms with E-state index < -0.39 is 0 Å². The molecule has 280 valence electrons. The highest BCUT2D eigenvalue weighted by Crippen LogP contribution is 2.46. The molecule has 2 nitrogen and oxygen atoms in total. The van der Waals surface area contributed by atoms with E-state index >= 15 is 0 Å². The summed E-state index contributed by atoms with van der Waals surface area (Å²) in [7, 11) is 0. The molecule has 0 aliphatic heterocycles. The Kier molecular flexibility index (Phi) is 7.89. The molecule has 0 N–H and O–H groups in total. The maximum absolute atomic E-state index is 6.45. The molecule has 60 heavy (non-hydrogen) atoms. The molecule has 0 unspecified atom stereocenters. The minimum atomic E-state index is 0.864. The van der Waals surface area contributed by atoms with Crippen molar-refractivity contribution < 1.29 is 4.42 Å². The molecule has 0 aliphatic carbocycles. The van der Waals surface area contributed by atoms with Gasteiger partial charge in [-0.2, -0.15) is 0 Å². The first-order chi connectivity index (χ1) is 29.7. The number of hydrogen-bond acceptors (Lipinski definition) is 2. The van der Waals surface area contributed by atoms with E-state index in [-0.39, 0.29) is 0 Å². The standard InChI is InChI=1S/C58H37NO/c1-3-13-46-39(11-1)27-28-44-37-43(32-35-49(44)46)38-23-25-42(26-24-38)50-15-5-7-19-54(50)59(55-20-10-22-57-58(55)53-16-6-8-21-56(53)60-57)45-33-29-41(30-34-45)48-17-9-18-51-47-14-4-2-12-40(47)31-36-52(48)51/h1-37H. The van der Waals surface area contributed by atoms with Crippen LogP contribution in [0.25, 0.3) is 98.4 Å². The summed E-state index contributed by atoms with van der Waals surface area (Å²) in [5.41, 5.74) is 12.0. The van der Waals surface area contributed by atoms with Crippen molar-refractivity contribution in [1.82, 2.24) is 0 Å². The summed E-state index contributed by atoms with van der Waals surface area (Å²) in [6.07, 6.45) is 0. The van der Waals surface area contributed by atoms with E-state index in [1.54, 1.807) is 0 Å². The van der Waals surface area contributed by atoms with Crippen LogP contribution in [0.15, 0.2) is 229 Å². The van der Waals surface area contributed by atoms with Crippen LogP contribution in [0, 0.1) is 0 Å². The molecule has 0 amide bonds. The van der Waals surface area contributed by atoms with Crippen molar-refractivity contribution in [2.24, 2.45) is 0 Å². The Morgan fingerprint density at radius 1 is 0.283 bits per heavy atom. The summed E-state index contributed by atoms with van der Waals surface area (Å²) < 4.78 is 6.45. The van der Waals surface area contributed by atoms with Gasteiger partial charge in [-0.3, -0.25) is 0 Å². The van der Waals surface area contributed by atoms with Gasteiger partial charge in [-0.25, -0.2) is 0 Å². The Bertz CT molecular complexity index is 3600. The zero-order valence-electron chi connectivity index (χ0n) is 32.7. The van der Waals surface area contributed by atoms with Crippen molar-refractivity contribution in [3.63, 3.8) is 0 Å². The Labute approximate surface area is 347 Å². The molecule has 11 aromatic carbocycles. The summed E-state index contributed by atoms with van der Waals surface area (Å²) in [5.74, 6) is 0. The van der Waals surface area contributed by atoms with Crippen molar-refractivity contribution in [1.29, 1.82) is 0 Å². The molecule has 0 spiro atoms. The molecule has 2 heteroatoms. The van der Waals surface area contributed by atoms with Gasteiger partial charge in [0.25, 0.3) is 0 Å². The minimum absolute atomic E-state index is 0.864. The summed E-state index contributed by atoms with van der Waals surface area (Å²) in [4.78, 5) is 2.40.